The molecule has 0 aromatic rings. The van der Waals surface area contributed by atoms with Crippen LogP contribution in [0.4, 0.5) is 0 Å². The lowest BCUT2D eigenvalue weighted by molar-refractivity contribution is 0.00864. The summed E-state index contributed by atoms with van der Waals surface area (Å²) >= 11 is 0. The Labute approximate surface area is 126 Å². The Balaban J connectivity index is 4.16. The van der Waals surface area contributed by atoms with Gasteiger partial charge in [-0.1, -0.05) is 10.3 Å². The maximum atomic E-state index is 9.00. The Morgan fingerprint density at radius 3 is 2.24 bits per heavy atom. The first kappa shape index (κ1) is 19.8. The highest BCUT2D eigenvalue weighted by molar-refractivity contribution is 5.92. The van der Waals surface area contributed by atoms with Crippen molar-refractivity contribution in [3.63, 3.8) is 0 Å². The molecule has 0 fully saturated rings. The van der Waals surface area contributed by atoms with E-state index in [4.69, 9.17) is 21.0 Å². The minimum Gasteiger partial charge on any atom is -0.411 e. The molecule has 0 radical (unpaired) electrons. The highest BCUT2D eigenvalue weighted by atomic mass is 16.6. The van der Waals surface area contributed by atoms with Crippen molar-refractivity contribution < 1.29 is 15.3 Å². The molecule has 8 nitrogen and oxygen atoms in total. The molecule has 8 heteroatoms. The van der Waals surface area contributed by atoms with Gasteiger partial charge >= 0.3 is 0 Å². The van der Waals surface area contributed by atoms with Crippen molar-refractivity contribution in [1.29, 1.82) is 0 Å². The van der Waals surface area contributed by atoms with Gasteiger partial charge in [-0.3, -0.25) is 4.84 Å². The molecule has 0 unspecified atom stereocenters. The normalized spacial score (nSPS) is 14.6. The van der Waals surface area contributed by atoms with Crippen LogP contribution in [0, 0.1) is 0 Å². The van der Waals surface area contributed by atoms with Crippen molar-refractivity contribution in [2.45, 2.75) is 52.1 Å². The third-order valence-corrected chi connectivity index (χ3v) is 3.38. The van der Waals surface area contributed by atoms with Crippen LogP contribution in [0.15, 0.2) is 10.3 Å². The second-order valence-electron chi connectivity index (χ2n) is 5.90. The topological polar surface area (TPSA) is 124 Å². The predicted molar refractivity (Wildman–Crippen MR) is 83.0 cm³/mol. The number of hydrogen-bond donors (Lipinski definition) is 5. The van der Waals surface area contributed by atoms with Gasteiger partial charge < -0.3 is 21.5 Å². The van der Waals surface area contributed by atoms with Crippen LogP contribution in [0.25, 0.3) is 0 Å². The molecule has 124 valence electrons. The SMILES string of the molecule is CC(=NO)C(C)(C)NOCCNC(C)(C)C(CCN)=NO. The molecule has 6 N–H and O–H groups in total. The summed E-state index contributed by atoms with van der Waals surface area (Å²) in [5.41, 5.74) is 8.42. The minimum atomic E-state index is -0.554. The molecular weight excluding hydrogens is 274 g/mol. The van der Waals surface area contributed by atoms with Gasteiger partial charge in [-0.2, -0.15) is 5.48 Å². The van der Waals surface area contributed by atoms with Gasteiger partial charge in [0.1, 0.15) is 0 Å². The molecule has 0 aromatic heterocycles. The minimum absolute atomic E-state index is 0.396. The lowest BCUT2D eigenvalue weighted by Crippen LogP contribution is -2.50. The van der Waals surface area contributed by atoms with Crippen molar-refractivity contribution in [2.75, 3.05) is 19.7 Å². The number of hydroxylamine groups is 1. The van der Waals surface area contributed by atoms with Crippen molar-refractivity contribution in [1.82, 2.24) is 10.8 Å². The average molecular weight is 303 g/mol. The molecular formula is C13H29N5O3. The van der Waals surface area contributed by atoms with Crippen LogP contribution in [-0.2, 0) is 4.84 Å². The van der Waals surface area contributed by atoms with Gasteiger partial charge in [0.2, 0.25) is 0 Å². The summed E-state index contributed by atoms with van der Waals surface area (Å²) in [6.45, 7) is 10.6. The molecule has 0 rings (SSSR count). The highest BCUT2D eigenvalue weighted by Gasteiger charge is 2.25. The van der Waals surface area contributed by atoms with E-state index >= 15 is 0 Å². The lowest BCUT2D eigenvalue weighted by Gasteiger charge is -2.28. The number of nitrogens with zero attached hydrogens (tertiary/aromatic N) is 2. The van der Waals surface area contributed by atoms with Gasteiger partial charge in [0.05, 0.1) is 29.1 Å². The maximum absolute atomic E-state index is 9.00. The summed E-state index contributed by atoms with van der Waals surface area (Å²) in [5.74, 6) is 0. The van der Waals surface area contributed by atoms with Crippen molar-refractivity contribution in [3.05, 3.63) is 0 Å². The Bertz CT molecular complexity index is 367. The van der Waals surface area contributed by atoms with E-state index in [-0.39, 0.29) is 0 Å². The van der Waals surface area contributed by atoms with Crippen LogP contribution in [0.1, 0.15) is 41.0 Å². The number of oxime groups is 2. The smallest absolute Gasteiger partial charge is 0.0807 e. The van der Waals surface area contributed by atoms with Crippen LogP contribution >= 0.6 is 0 Å². The molecule has 0 aromatic carbocycles. The summed E-state index contributed by atoms with van der Waals surface area (Å²) < 4.78 is 0. The quantitative estimate of drug-likeness (QED) is 0.175. The predicted octanol–water partition coefficient (Wildman–Crippen LogP) is 0.684. The Morgan fingerprint density at radius 2 is 1.76 bits per heavy atom. The Morgan fingerprint density at radius 1 is 1.14 bits per heavy atom. The van der Waals surface area contributed by atoms with E-state index in [0.717, 1.165) is 0 Å². The van der Waals surface area contributed by atoms with E-state index in [0.29, 0.717) is 37.5 Å². The standard InChI is InChI=1S/C13H29N5O3/c1-10(16-19)12(2,3)18-21-9-8-15-13(4,5)11(17-20)6-7-14/h15,18-20H,6-9,14H2,1-5H3. The number of hydrogen-bond acceptors (Lipinski definition) is 8. The van der Waals surface area contributed by atoms with Crippen molar-refractivity contribution in [2.24, 2.45) is 16.0 Å². The molecule has 21 heavy (non-hydrogen) atoms. The fourth-order valence-corrected chi connectivity index (χ4v) is 1.57. The van der Waals surface area contributed by atoms with Crippen LogP contribution < -0.4 is 16.5 Å². The van der Waals surface area contributed by atoms with Crippen molar-refractivity contribution in [3.8, 4) is 0 Å². The molecule has 0 spiro atoms. The molecule has 0 atom stereocenters. The van der Waals surface area contributed by atoms with Gasteiger partial charge in [0, 0.05) is 13.0 Å². The monoisotopic (exact) mass is 303 g/mol. The molecule has 0 bridgehead atoms. The van der Waals surface area contributed by atoms with Gasteiger partial charge in [-0.25, -0.2) is 0 Å². The molecule has 0 aliphatic heterocycles. The number of nitrogens with two attached hydrogens (primary N) is 1. The second kappa shape index (κ2) is 8.93. The molecule has 0 amide bonds. The average Bonchev–Trinajstić information content (AvgIpc) is 2.42. The molecule has 0 saturated carbocycles. The van der Waals surface area contributed by atoms with E-state index in [9.17, 15) is 0 Å². The molecule has 0 saturated heterocycles. The Hall–Kier alpha value is -1.22. The first-order valence-corrected chi connectivity index (χ1v) is 6.96. The van der Waals surface area contributed by atoms with Crippen LogP contribution in [0.2, 0.25) is 0 Å². The fourth-order valence-electron chi connectivity index (χ4n) is 1.57. The van der Waals surface area contributed by atoms with Gasteiger partial charge in [0.15, 0.2) is 0 Å². The lowest BCUT2D eigenvalue weighted by atomic mass is 9.95. The largest absolute Gasteiger partial charge is 0.411 e. The fraction of sp³-hybridized carbons (Fsp3) is 0.846. The van der Waals surface area contributed by atoms with E-state index < -0.39 is 11.1 Å². The van der Waals surface area contributed by atoms with E-state index in [2.05, 4.69) is 21.1 Å². The van der Waals surface area contributed by atoms with Crippen LogP contribution in [0.5, 0.6) is 0 Å². The van der Waals surface area contributed by atoms with E-state index in [1.807, 2.05) is 27.7 Å². The third-order valence-electron chi connectivity index (χ3n) is 3.38. The zero-order valence-corrected chi connectivity index (χ0v) is 13.6. The van der Waals surface area contributed by atoms with Crippen LogP contribution in [-0.4, -0.2) is 52.6 Å². The highest BCUT2D eigenvalue weighted by Crippen LogP contribution is 2.08. The molecule has 0 aliphatic carbocycles. The summed E-state index contributed by atoms with van der Waals surface area (Å²) in [4.78, 5) is 5.36. The molecule has 0 heterocycles. The maximum Gasteiger partial charge on any atom is 0.0807 e. The van der Waals surface area contributed by atoms with Gasteiger partial charge in [-0.15, -0.1) is 0 Å². The molecule has 0 aliphatic rings. The number of nitrogens with one attached hydrogen (secondary N) is 2. The zero-order chi connectivity index (χ0) is 16.5. The third kappa shape index (κ3) is 6.85. The first-order valence-electron chi connectivity index (χ1n) is 6.96. The van der Waals surface area contributed by atoms with Crippen molar-refractivity contribution >= 4 is 11.4 Å². The van der Waals surface area contributed by atoms with Gasteiger partial charge in [-0.05, 0) is 41.2 Å². The van der Waals surface area contributed by atoms with E-state index in [1.165, 1.54) is 0 Å². The Kier molecular flexibility index (Phi) is 8.41. The second-order valence-corrected chi connectivity index (χ2v) is 5.90. The van der Waals surface area contributed by atoms with Crippen LogP contribution in [0.3, 0.4) is 0 Å². The summed E-state index contributed by atoms with van der Waals surface area (Å²) in [7, 11) is 0. The summed E-state index contributed by atoms with van der Waals surface area (Å²) in [6.07, 6.45) is 0.523. The summed E-state index contributed by atoms with van der Waals surface area (Å²) in [6, 6.07) is 0. The summed E-state index contributed by atoms with van der Waals surface area (Å²) in [5, 5.41) is 27.4. The number of rotatable bonds is 10. The van der Waals surface area contributed by atoms with Gasteiger partial charge in [0.25, 0.3) is 0 Å². The zero-order valence-electron chi connectivity index (χ0n) is 13.6. The first-order chi connectivity index (χ1) is 9.71. The van der Waals surface area contributed by atoms with E-state index in [1.54, 1.807) is 6.92 Å².